The molecule has 4 fully saturated rings. The SMILES string of the molecule is CCC[C@@H](C)[C@H]1CCC2C3CCC4CC(N[C@@H](CCCCN)C(=O)O)CC[C@]4(C)C3CC[C@@]21C.O=CO. The predicted octanol–water partition coefficient (Wildman–Crippen LogP) is 6.32. The Balaban J connectivity index is 0.00000121. The number of carboxylic acids is 1. The molecule has 0 bridgehead atoms. The van der Waals surface area contributed by atoms with E-state index in [0.29, 0.717) is 29.8 Å². The van der Waals surface area contributed by atoms with Crippen molar-refractivity contribution < 1.29 is 19.8 Å². The number of hydrogen-bond donors (Lipinski definition) is 4. The molecule has 0 aromatic heterocycles. The molecule has 6 heteroatoms. The third-order valence-electron chi connectivity index (χ3n) is 11.9. The molecule has 10 atom stereocenters. The maximum atomic E-state index is 11.9. The van der Waals surface area contributed by atoms with Gasteiger partial charge in [-0.1, -0.05) is 47.0 Å². The minimum Gasteiger partial charge on any atom is -0.483 e. The summed E-state index contributed by atoms with van der Waals surface area (Å²) in [6.07, 6.45) is 17.5. The highest BCUT2D eigenvalue weighted by Gasteiger charge is 2.60. The first-order valence-corrected chi connectivity index (χ1v) is 15.4. The number of unbranched alkanes of at least 4 members (excludes halogenated alkanes) is 1. The summed E-state index contributed by atoms with van der Waals surface area (Å²) in [5.41, 5.74) is 6.67. The van der Waals surface area contributed by atoms with Gasteiger partial charge >= 0.3 is 5.97 Å². The zero-order chi connectivity index (χ0) is 27.2. The number of aliphatic carboxylic acids is 1. The highest BCUT2D eigenvalue weighted by molar-refractivity contribution is 5.73. The van der Waals surface area contributed by atoms with Gasteiger partial charge in [0.25, 0.3) is 6.47 Å². The second-order valence-corrected chi connectivity index (χ2v) is 13.6. The van der Waals surface area contributed by atoms with E-state index in [9.17, 15) is 9.90 Å². The zero-order valence-corrected chi connectivity index (χ0v) is 24.1. The second kappa shape index (κ2) is 13.3. The minimum absolute atomic E-state index is 0.250. The Kier molecular flexibility index (Phi) is 10.9. The van der Waals surface area contributed by atoms with Crippen LogP contribution in [0.5, 0.6) is 0 Å². The van der Waals surface area contributed by atoms with Gasteiger partial charge in [0.05, 0.1) is 0 Å². The standard InChI is InChI=1S/C30H54N2O2.CH2O2/c1-5-8-20(2)24-12-13-25-23-11-10-21-19-22(32-27(28(33)34)9-6-7-18-31)14-16-29(21,3)26(23)15-17-30(24,25)4;2-1-3/h20-27,32H,5-19,31H2,1-4H3,(H,33,34);1H,(H,2,3)/t20-,21?,22?,23?,24-,25?,26?,27+,29+,30-;/m1./s1. The first-order chi connectivity index (χ1) is 17.7. The van der Waals surface area contributed by atoms with Crippen LogP contribution in [0.4, 0.5) is 0 Å². The van der Waals surface area contributed by atoms with Crippen molar-refractivity contribution in [3.63, 3.8) is 0 Å². The van der Waals surface area contributed by atoms with E-state index >= 15 is 0 Å². The quantitative estimate of drug-likeness (QED) is 0.198. The fourth-order valence-corrected chi connectivity index (χ4v) is 10.1. The molecule has 5 unspecified atom stereocenters. The van der Waals surface area contributed by atoms with Crippen LogP contribution in [0.15, 0.2) is 0 Å². The minimum atomic E-state index is -0.686. The van der Waals surface area contributed by atoms with Gasteiger partial charge in [0, 0.05) is 6.04 Å². The number of rotatable bonds is 10. The fourth-order valence-electron chi connectivity index (χ4n) is 10.1. The molecule has 0 saturated heterocycles. The van der Waals surface area contributed by atoms with Crippen LogP contribution in [0.3, 0.4) is 0 Å². The van der Waals surface area contributed by atoms with Crippen molar-refractivity contribution in [2.75, 3.05) is 6.54 Å². The molecule has 0 amide bonds. The van der Waals surface area contributed by atoms with Gasteiger partial charge in [0.2, 0.25) is 0 Å². The summed E-state index contributed by atoms with van der Waals surface area (Å²) in [6, 6.07) is -0.0404. The summed E-state index contributed by atoms with van der Waals surface area (Å²) in [6.45, 7) is 10.6. The van der Waals surface area contributed by atoms with Crippen molar-refractivity contribution in [2.24, 2.45) is 52.1 Å². The normalized spacial score (nSPS) is 40.2. The molecule has 0 radical (unpaired) electrons. The Bertz CT molecular complexity index is 747. The highest BCUT2D eigenvalue weighted by atomic mass is 16.4. The molecule has 0 aromatic carbocycles. The Morgan fingerprint density at radius 1 is 1.03 bits per heavy atom. The molecule has 4 saturated carbocycles. The Hall–Kier alpha value is -1.14. The van der Waals surface area contributed by atoms with E-state index in [1.807, 2.05) is 0 Å². The van der Waals surface area contributed by atoms with E-state index in [4.69, 9.17) is 15.6 Å². The average molecular weight is 521 g/mol. The Morgan fingerprint density at radius 3 is 2.35 bits per heavy atom. The summed E-state index contributed by atoms with van der Waals surface area (Å²) >= 11 is 0. The third kappa shape index (κ3) is 6.37. The van der Waals surface area contributed by atoms with Gasteiger partial charge in [0.1, 0.15) is 6.04 Å². The number of nitrogens with two attached hydrogens (primary N) is 1. The maximum Gasteiger partial charge on any atom is 0.320 e. The largest absolute Gasteiger partial charge is 0.483 e. The topological polar surface area (TPSA) is 113 Å². The summed E-state index contributed by atoms with van der Waals surface area (Å²) in [5.74, 6) is 4.68. The zero-order valence-electron chi connectivity index (χ0n) is 24.1. The van der Waals surface area contributed by atoms with Crippen LogP contribution in [-0.4, -0.2) is 41.3 Å². The molecular formula is C31H56N2O4. The van der Waals surface area contributed by atoms with Crippen LogP contribution in [-0.2, 0) is 9.59 Å². The van der Waals surface area contributed by atoms with Gasteiger partial charge in [-0.05, 0) is 124 Å². The van der Waals surface area contributed by atoms with Gasteiger partial charge in [-0.25, -0.2) is 0 Å². The summed E-state index contributed by atoms with van der Waals surface area (Å²) in [5, 5.41) is 20.2. The van der Waals surface area contributed by atoms with Crippen LogP contribution >= 0.6 is 0 Å². The lowest BCUT2D eigenvalue weighted by Crippen LogP contribution is -2.56. The van der Waals surface area contributed by atoms with Gasteiger partial charge in [0.15, 0.2) is 0 Å². The average Bonchev–Trinajstić information content (AvgIpc) is 3.21. The molecule has 0 aromatic rings. The van der Waals surface area contributed by atoms with Crippen LogP contribution in [0, 0.1) is 46.3 Å². The van der Waals surface area contributed by atoms with Crippen LogP contribution in [0.25, 0.3) is 0 Å². The summed E-state index contributed by atoms with van der Waals surface area (Å²) in [4.78, 5) is 20.2. The molecule has 4 aliphatic rings. The number of hydrogen-bond acceptors (Lipinski definition) is 4. The number of carboxylic acid groups (broad SMARTS) is 2. The molecule has 5 N–H and O–H groups in total. The van der Waals surface area contributed by atoms with Gasteiger partial charge in [-0.2, -0.15) is 0 Å². The first-order valence-electron chi connectivity index (χ1n) is 15.4. The highest BCUT2D eigenvalue weighted by Crippen LogP contribution is 2.68. The van der Waals surface area contributed by atoms with E-state index < -0.39 is 12.0 Å². The lowest BCUT2D eigenvalue weighted by molar-refractivity contribution is -0.141. The summed E-state index contributed by atoms with van der Waals surface area (Å²) in [7, 11) is 0. The molecule has 0 aliphatic heterocycles. The van der Waals surface area contributed by atoms with Crippen molar-refractivity contribution >= 4 is 12.4 Å². The smallest absolute Gasteiger partial charge is 0.320 e. The molecule has 0 spiro atoms. The molecule has 0 heterocycles. The number of fused-ring (bicyclic) bond motifs is 5. The van der Waals surface area contributed by atoms with Crippen molar-refractivity contribution in [3.05, 3.63) is 0 Å². The second-order valence-electron chi connectivity index (χ2n) is 13.6. The molecule has 6 nitrogen and oxygen atoms in total. The van der Waals surface area contributed by atoms with Crippen LogP contribution < -0.4 is 11.1 Å². The van der Waals surface area contributed by atoms with Crippen molar-refractivity contribution in [1.82, 2.24) is 5.32 Å². The van der Waals surface area contributed by atoms with Gasteiger partial charge in [-0.3, -0.25) is 9.59 Å². The van der Waals surface area contributed by atoms with Gasteiger partial charge < -0.3 is 21.3 Å². The van der Waals surface area contributed by atoms with Crippen LogP contribution in [0.2, 0.25) is 0 Å². The number of nitrogens with one attached hydrogen (secondary N) is 1. The summed E-state index contributed by atoms with van der Waals surface area (Å²) < 4.78 is 0. The Morgan fingerprint density at radius 2 is 1.70 bits per heavy atom. The number of carbonyl (C=O) groups is 2. The van der Waals surface area contributed by atoms with E-state index in [0.717, 1.165) is 54.8 Å². The fraction of sp³-hybridized carbons (Fsp3) is 0.935. The third-order valence-corrected chi connectivity index (χ3v) is 11.9. The van der Waals surface area contributed by atoms with E-state index in [1.54, 1.807) is 0 Å². The van der Waals surface area contributed by atoms with E-state index in [-0.39, 0.29) is 6.47 Å². The molecule has 37 heavy (non-hydrogen) atoms. The monoisotopic (exact) mass is 520 g/mol. The van der Waals surface area contributed by atoms with Crippen molar-refractivity contribution in [3.8, 4) is 0 Å². The molecule has 4 aliphatic carbocycles. The predicted molar refractivity (Wildman–Crippen MR) is 149 cm³/mol. The van der Waals surface area contributed by atoms with Crippen LogP contribution in [0.1, 0.15) is 118 Å². The first kappa shape index (κ1) is 30.4. The lowest BCUT2D eigenvalue weighted by atomic mass is 9.44. The lowest BCUT2D eigenvalue weighted by Gasteiger charge is -2.61. The molecule has 4 rings (SSSR count). The van der Waals surface area contributed by atoms with E-state index in [1.165, 1.54) is 64.2 Å². The molecule has 214 valence electrons. The van der Waals surface area contributed by atoms with Crippen molar-refractivity contribution in [1.29, 1.82) is 0 Å². The maximum absolute atomic E-state index is 11.9. The molecular weight excluding hydrogens is 464 g/mol. The van der Waals surface area contributed by atoms with E-state index in [2.05, 4.69) is 33.0 Å². The van der Waals surface area contributed by atoms with Gasteiger partial charge in [-0.15, -0.1) is 0 Å². The Labute approximate surface area is 225 Å². The van der Waals surface area contributed by atoms with Crippen molar-refractivity contribution in [2.45, 2.75) is 130 Å².